The topological polar surface area (TPSA) is 52.6 Å². The quantitative estimate of drug-likeness (QED) is 0.433. The first-order chi connectivity index (χ1) is 13.1. The smallest absolute Gasteiger partial charge is 0.306 e. The molecular weight excluding hydrogens is 368 g/mol. The van der Waals surface area contributed by atoms with Crippen molar-refractivity contribution in [3.05, 3.63) is 35.9 Å². The molecule has 28 heavy (non-hydrogen) atoms. The van der Waals surface area contributed by atoms with Crippen LogP contribution < -0.4 is 0 Å². The van der Waals surface area contributed by atoms with Crippen LogP contribution in [0.2, 0.25) is 18.1 Å². The highest BCUT2D eigenvalue weighted by atomic mass is 28.4. The molecule has 0 unspecified atom stereocenters. The van der Waals surface area contributed by atoms with Gasteiger partial charge in [0, 0.05) is 12.8 Å². The van der Waals surface area contributed by atoms with E-state index >= 15 is 0 Å². The minimum absolute atomic E-state index is 0.0322. The van der Waals surface area contributed by atoms with Crippen LogP contribution in [0, 0.1) is 11.8 Å². The molecule has 0 N–H and O–H groups in total. The molecule has 1 saturated carbocycles. The summed E-state index contributed by atoms with van der Waals surface area (Å²) >= 11 is 0. The molecule has 4 nitrogen and oxygen atoms in total. The number of ketones is 1. The first kappa shape index (κ1) is 22.8. The molecule has 1 aromatic carbocycles. The third kappa shape index (κ3) is 5.54. The average molecular weight is 405 g/mol. The molecule has 0 aliphatic heterocycles. The Hall–Kier alpha value is -1.46. The van der Waals surface area contributed by atoms with Crippen LogP contribution in [0.4, 0.5) is 0 Å². The van der Waals surface area contributed by atoms with E-state index in [-0.39, 0.29) is 41.2 Å². The third-order valence-electron chi connectivity index (χ3n) is 6.29. The first-order valence-electron chi connectivity index (χ1n) is 10.5. The Morgan fingerprint density at radius 2 is 1.86 bits per heavy atom. The summed E-state index contributed by atoms with van der Waals surface area (Å²) in [7, 11) is -2.12. The second kappa shape index (κ2) is 9.36. The number of hydrogen-bond donors (Lipinski definition) is 0. The standard InChI is InChI=1S/C23H36O4Si/c1-7-26-20(25)16-18-14-11-15-19(24)21(18)22(17-12-9-8-10-13-17)27-28(5,6)23(2,3)4/h8-10,12-13,18,21-22H,7,11,14-16H2,1-6H3/t18-,21-,22-/m1/s1. The molecule has 0 spiro atoms. The second-order valence-electron chi connectivity index (χ2n) is 9.36. The summed E-state index contributed by atoms with van der Waals surface area (Å²) in [5.41, 5.74) is 1.03. The van der Waals surface area contributed by atoms with Crippen LogP contribution >= 0.6 is 0 Å². The van der Waals surface area contributed by atoms with E-state index in [0.717, 1.165) is 18.4 Å². The van der Waals surface area contributed by atoms with Gasteiger partial charge in [0.05, 0.1) is 18.6 Å². The van der Waals surface area contributed by atoms with Gasteiger partial charge in [0.25, 0.3) is 0 Å². The molecule has 0 saturated heterocycles. The Labute approximate surface area is 171 Å². The zero-order chi connectivity index (χ0) is 20.9. The van der Waals surface area contributed by atoms with Gasteiger partial charge in [-0.25, -0.2) is 0 Å². The third-order valence-corrected chi connectivity index (χ3v) is 10.7. The summed E-state index contributed by atoms with van der Waals surface area (Å²) in [5.74, 6) is -0.329. The Balaban J connectivity index is 2.41. The van der Waals surface area contributed by atoms with Crippen LogP contribution in [-0.2, 0) is 18.8 Å². The highest BCUT2D eigenvalue weighted by Crippen LogP contribution is 2.46. The van der Waals surface area contributed by atoms with Crippen molar-refractivity contribution >= 4 is 20.1 Å². The van der Waals surface area contributed by atoms with E-state index in [4.69, 9.17) is 9.16 Å². The lowest BCUT2D eigenvalue weighted by atomic mass is 9.72. The van der Waals surface area contributed by atoms with Gasteiger partial charge in [0.15, 0.2) is 8.32 Å². The molecule has 0 radical (unpaired) electrons. The lowest BCUT2D eigenvalue weighted by Crippen LogP contribution is -2.46. The lowest BCUT2D eigenvalue weighted by Gasteiger charge is -2.44. The van der Waals surface area contributed by atoms with Crippen LogP contribution in [0.15, 0.2) is 30.3 Å². The Morgan fingerprint density at radius 3 is 2.43 bits per heavy atom. The van der Waals surface area contributed by atoms with Gasteiger partial charge in [-0.3, -0.25) is 9.59 Å². The van der Waals surface area contributed by atoms with Gasteiger partial charge in [-0.05, 0) is 49.4 Å². The van der Waals surface area contributed by atoms with Crippen LogP contribution in [0.5, 0.6) is 0 Å². The number of carbonyl (C=O) groups is 2. The Morgan fingerprint density at radius 1 is 1.21 bits per heavy atom. The van der Waals surface area contributed by atoms with E-state index in [9.17, 15) is 9.59 Å². The number of Topliss-reactive ketones (excluding diaryl/α,β-unsaturated/α-hetero) is 1. The summed E-state index contributed by atoms with van der Waals surface area (Å²) in [6.45, 7) is 13.2. The van der Waals surface area contributed by atoms with E-state index in [1.165, 1.54) is 0 Å². The summed E-state index contributed by atoms with van der Waals surface area (Å²) < 4.78 is 12.0. The molecule has 0 aromatic heterocycles. The predicted octanol–water partition coefficient (Wildman–Crippen LogP) is 5.69. The van der Waals surface area contributed by atoms with Crippen molar-refractivity contribution in [2.24, 2.45) is 11.8 Å². The number of ether oxygens (including phenoxy) is 1. The van der Waals surface area contributed by atoms with Crippen molar-refractivity contribution in [2.75, 3.05) is 6.61 Å². The van der Waals surface area contributed by atoms with Crippen molar-refractivity contribution in [2.45, 2.75) is 77.6 Å². The van der Waals surface area contributed by atoms with Crippen molar-refractivity contribution in [3.63, 3.8) is 0 Å². The fourth-order valence-corrected chi connectivity index (χ4v) is 4.98. The molecule has 1 fully saturated rings. The molecule has 1 aromatic rings. The summed E-state index contributed by atoms with van der Waals surface area (Å²) in [6, 6.07) is 10.0. The Bertz CT molecular complexity index is 663. The summed E-state index contributed by atoms with van der Waals surface area (Å²) in [4.78, 5) is 25.3. The van der Waals surface area contributed by atoms with Gasteiger partial charge in [-0.2, -0.15) is 0 Å². The lowest BCUT2D eigenvalue weighted by molar-refractivity contribution is -0.146. The maximum atomic E-state index is 13.1. The molecule has 3 atom stereocenters. The van der Waals surface area contributed by atoms with Crippen LogP contribution in [0.1, 0.15) is 65.0 Å². The molecule has 1 aliphatic rings. The van der Waals surface area contributed by atoms with E-state index in [0.29, 0.717) is 13.0 Å². The molecule has 1 aliphatic carbocycles. The highest BCUT2D eigenvalue weighted by Gasteiger charge is 2.45. The van der Waals surface area contributed by atoms with Crippen molar-refractivity contribution < 1.29 is 18.8 Å². The molecule has 2 rings (SSSR count). The van der Waals surface area contributed by atoms with Crippen molar-refractivity contribution in [3.8, 4) is 0 Å². The molecule has 5 heteroatoms. The van der Waals surface area contributed by atoms with E-state index < -0.39 is 8.32 Å². The van der Waals surface area contributed by atoms with Gasteiger partial charge in [-0.1, -0.05) is 51.1 Å². The number of rotatable bonds is 7. The second-order valence-corrected chi connectivity index (χ2v) is 14.1. The summed E-state index contributed by atoms with van der Waals surface area (Å²) in [6.07, 6.45) is 2.23. The maximum absolute atomic E-state index is 13.1. The van der Waals surface area contributed by atoms with E-state index in [1.807, 2.05) is 37.3 Å². The van der Waals surface area contributed by atoms with Gasteiger partial charge in [-0.15, -0.1) is 0 Å². The van der Waals surface area contributed by atoms with Crippen LogP contribution in [0.25, 0.3) is 0 Å². The maximum Gasteiger partial charge on any atom is 0.306 e. The number of benzene rings is 1. The summed E-state index contributed by atoms with van der Waals surface area (Å²) in [5, 5.41) is 0.0361. The molecule has 0 amide bonds. The van der Waals surface area contributed by atoms with Crippen molar-refractivity contribution in [1.29, 1.82) is 0 Å². The molecule has 0 heterocycles. The van der Waals surface area contributed by atoms with Crippen molar-refractivity contribution in [1.82, 2.24) is 0 Å². The largest absolute Gasteiger partial charge is 0.466 e. The molecule has 156 valence electrons. The average Bonchev–Trinajstić information content (AvgIpc) is 2.60. The van der Waals surface area contributed by atoms with Crippen LogP contribution in [0.3, 0.4) is 0 Å². The molecule has 0 bridgehead atoms. The van der Waals surface area contributed by atoms with E-state index in [1.54, 1.807) is 0 Å². The van der Waals surface area contributed by atoms with Gasteiger partial charge < -0.3 is 9.16 Å². The minimum atomic E-state index is -2.12. The fourth-order valence-electron chi connectivity index (χ4n) is 3.71. The van der Waals surface area contributed by atoms with E-state index in [2.05, 4.69) is 33.9 Å². The fraction of sp³-hybridized carbons (Fsp3) is 0.652. The zero-order valence-corrected chi connectivity index (χ0v) is 19.3. The normalized spacial score (nSPS) is 22.0. The monoisotopic (exact) mass is 404 g/mol. The SMILES string of the molecule is CCOC(=O)C[C@H]1CCCC(=O)[C@@H]1[C@H](O[Si](C)(C)C(C)(C)C)c1ccccc1. The number of esters is 1. The number of hydrogen-bond acceptors (Lipinski definition) is 4. The van der Waals surface area contributed by atoms with Crippen LogP contribution in [-0.4, -0.2) is 26.7 Å². The van der Waals surface area contributed by atoms with Gasteiger partial charge in [0.1, 0.15) is 5.78 Å². The Kier molecular flexibility index (Phi) is 7.63. The minimum Gasteiger partial charge on any atom is -0.466 e. The zero-order valence-electron chi connectivity index (χ0n) is 18.3. The predicted molar refractivity (Wildman–Crippen MR) is 115 cm³/mol. The number of carbonyl (C=O) groups excluding carboxylic acids is 2. The van der Waals surface area contributed by atoms with Gasteiger partial charge >= 0.3 is 5.97 Å². The highest BCUT2D eigenvalue weighted by molar-refractivity contribution is 6.74. The first-order valence-corrected chi connectivity index (χ1v) is 13.4. The molecular formula is C23H36O4Si. The van der Waals surface area contributed by atoms with Gasteiger partial charge in [0.2, 0.25) is 0 Å².